The lowest BCUT2D eigenvalue weighted by molar-refractivity contribution is -0.918. The molecular weight excluding hydrogens is 386 g/mol. The van der Waals surface area contributed by atoms with Gasteiger partial charge in [-0.05, 0) is 37.0 Å². The monoisotopic (exact) mass is 414 g/mol. The average Bonchev–Trinajstić information content (AvgIpc) is 2.74. The molecule has 0 radical (unpaired) electrons. The van der Waals surface area contributed by atoms with Crippen molar-refractivity contribution in [2.45, 2.75) is 38.8 Å². The molecule has 5 nitrogen and oxygen atoms in total. The van der Waals surface area contributed by atoms with Gasteiger partial charge in [0.15, 0.2) is 0 Å². The molecule has 0 bridgehead atoms. The Bertz CT molecular complexity index is 834. The number of benzene rings is 2. The molecule has 0 spiro atoms. The number of nitrogens with one attached hydrogen (secondary N) is 3. The summed E-state index contributed by atoms with van der Waals surface area (Å²) < 4.78 is 0. The summed E-state index contributed by atoms with van der Waals surface area (Å²) in [6.07, 6.45) is 4.17. The van der Waals surface area contributed by atoms with Gasteiger partial charge in [0.25, 0.3) is 5.91 Å². The van der Waals surface area contributed by atoms with E-state index >= 15 is 0 Å². The van der Waals surface area contributed by atoms with Gasteiger partial charge in [-0.25, -0.2) is 0 Å². The smallest absolute Gasteiger partial charge is 0.252 e. The van der Waals surface area contributed by atoms with E-state index in [2.05, 4.69) is 28.8 Å². The van der Waals surface area contributed by atoms with Crippen LogP contribution in [0.3, 0.4) is 0 Å². The minimum Gasteiger partial charge on any atom is -0.352 e. The van der Waals surface area contributed by atoms with Crippen LogP contribution in [0.5, 0.6) is 0 Å². The molecule has 3 N–H and O–H groups in total. The normalized spacial score (nSPS) is 14.4. The number of hydrogen-bond acceptors (Lipinski definition) is 2. The molecule has 1 heterocycles. The summed E-state index contributed by atoms with van der Waals surface area (Å²) in [6, 6.07) is 15.2. The van der Waals surface area contributed by atoms with Crippen molar-refractivity contribution < 1.29 is 14.5 Å². The lowest BCUT2D eigenvalue weighted by Gasteiger charge is -2.24. The van der Waals surface area contributed by atoms with Crippen LogP contribution in [0.15, 0.2) is 48.5 Å². The maximum absolute atomic E-state index is 12.2. The van der Waals surface area contributed by atoms with Crippen LogP contribution in [-0.4, -0.2) is 31.4 Å². The lowest BCUT2D eigenvalue weighted by atomic mass is 10.0. The third kappa shape index (κ3) is 6.58. The van der Waals surface area contributed by atoms with Gasteiger partial charge in [0, 0.05) is 25.1 Å². The summed E-state index contributed by atoms with van der Waals surface area (Å²) in [7, 11) is 0. The molecule has 0 aliphatic carbocycles. The summed E-state index contributed by atoms with van der Waals surface area (Å²) in [5, 5.41) is 6.13. The standard InChI is InChI=1S/C23H28ClN3O2/c24-21-11-5-4-10-20(21)23(29)25-13-12-22(28)26-16-18-8-2-3-9-19(18)17-27-14-6-1-7-15-27/h2-5,8-11H,1,6-7,12-17H2,(H,25,29)(H,26,28)/p+1. The average molecular weight is 415 g/mol. The summed E-state index contributed by atoms with van der Waals surface area (Å²) in [6.45, 7) is 4.26. The fraction of sp³-hybridized carbons (Fsp3) is 0.391. The van der Waals surface area contributed by atoms with Crippen molar-refractivity contribution in [3.05, 3.63) is 70.2 Å². The van der Waals surface area contributed by atoms with E-state index in [0.717, 1.165) is 6.54 Å². The zero-order valence-electron chi connectivity index (χ0n) is 16.7. The highest BCUT2D eigenvalue weighted by Gasteiger charge is 2.16. The van der Waals surface area contributed by atoms with Gasteiger partial charge in [0.2, 0.25) is 5.91 Å². The first-order valence-corrected chi connectivity index (χ1v) is 10.7. The maximum atomic E-state index is 12.2. The number of hydrogen-bond donors (Lipinski definition) is 3. The van der Waals surface area contributed by atoms with Crippen molar-refractivity contribution in [2.24, 2.45) is 0 Å². The number of halogens is 1. The highest BCUT2D eigenvalue weighted by Crippen LogP contribution is 2.14. The predicted octanol–water partition coefficient (Wildman–Crippen LogP) is 2.35. The molecule has 0 saturated carbocycles. The molecule has 1 fully saturated rings. The van der Waals surface area contributed by atoms with E-state index in [1.165, 1.54) is 43.5 Å². The van der Waals surface area contributed by atoms with Crippen LogP contribution in [0.2, 0.25) is 5.02 Å². The molecule has 1 aliphatic heterocycles. The zero-order valence-corrected chi connectivity index (χ0v) is 17.4. The molecule has 2 aromatic rings. The van der Waals surface area contributed by atoms with E-state index < -0.39 is 0 Å². The van der Waals surface area contributed by atoms with Crippen molar-refractivity contribution in [1.29, 1.82) is 0 Å². The van der Waals surface area contributed by atoms with Crippen LogP contribution in [0.1, 0.15) is 47.2 Å². The van der Waals surface area contributed by atoms with Crippen molar-refractivity contribution in [3.8, 4) is 0 Å². The molecule has 0 unspecified atom stereocenters. The van der Waals surface area contributed by atoms with Gasteiger partial charge >= 0.3 is 0 Å². The second kappa shape index (κ2) is 11.0. The Hall–Kier alpha value is -2.37. The van der Waals surface area contributed by atoms with Crippen LogP contribution >= 0.6 is 11.6 Å². The first-order valence-electron chi connectivity index (χ1n) is 10.3. The van der Waals surface area contributed by atoms with E-state index in [1.807, 2.05) is 6.07 Å². The number of carbonyl (C=O) groups excluding carboxylic acids is 2. The number of carbonyl (C=O) groups is 2. The van der Waals surface area contributed by atoms with Gasteiger partial charge in [-0.1, -0.05) is 48.0 Å². The maximum Gasteiger partial charge on any atom is 0.252 e. The van der Waals surface area contributed by atoms with E-state index in [-0.39, 0.29) is 24.8 Å². The van der Waals surface area contributed by atoms with E-state index in [1.54, 1.807) is 29.2 Å². The number of quaternary nitrogens is 1. The molecule has 2 aromatic carbocycles. The Kier molecular flexibility index (Phi) is 8.08. The molecule has 154 valence electrons. The van der Waals surface area contributed by atoms with Crippen molar-refractivity contribution in [1.82, 2.24) is 10.6 Å². The summed E-state index contributed by atoms with van der Waals surface area (Å²) in [5.74, 6) is -0.345. The summed E-state index contributed by atoms with van der Waals surface area (Å²) in [5.41, 5.74) is 2.89. The molecule has 1 aliphatic rings. The van der Waals surface area contributed by atoms with Gasteiger partial charge in [-0.2, -0.15) is 0 Å². The molecule has 0 atom stereocenters. The van der Waals surface area contributed by atoms with Crippen LogP contribution < -0.4 is 15.5 Å². The Balaban J connectivity index is 1.43. The molecule has 0 aromatic heterocycles. The molecule has 6 heteroatoms. The van der Waals surface area contributed by atoms with Gasteiger partial charge in [0.1, 0.15) is 6.54 Å². The second-order valence-electron chi connectivity index (χ2n) is 7.52. The molecule has 2 amide bonds. The van der Waals surface area contributed by atoms with Crippen molar-refractivity contribution in [2.75, 3.05) is 19.6 Å². The summed E-state index contributed by atoms with van der Waals surface area (Å²) >= 11 is 6.02. The van der Waals surface area contributed by atoms with Crippen LogP contribution in [0.25, 0.3) is 0 Å². The third-order valence-corrected chi connectivity index (χ3v) is 5.68. The van der Waals surface area contributed by atoms with Gasteiger partial charge in [-0.3, -0.25) is 9.59 Å². The Morgan fingerprint density at radius 1 is 0.897 bits per heavy atom. The van der Waals surface area contributed by atoms with E-state index in [9.17, 15) is 9.59 Å². The third-order valence-electron chi connectivity index (χ3n) is 5.35. The quantitative estimate of drug-likeness (QED) is 0.621. The molecule has 3 rings (SSSR count). The highest BCUT2D eigenvalue weighted by molar-refractivity contribution is 6.33. The van der Waals surface area contributed by atoms with Crippen LogP contribution in [-0.2, 0) is 17.9 Å². The number of likely N-dealkylation sites (tertiary alicyclic amines) is 1. The number of amides is 2. The number of piperidine rings is 1. The number of rotatable bonds is 8. The van der Waals surface area contributed by atoms with Gasteiger partial charge in [-0.15, -0.1) is 0 Å². The first kappa shape index (κ1) is 21.3. The molecular formula is C23H29ClN3O2+. The topological polar surface area (TPSA) is 62.6 Å². The molecule has 29 heavy (non-hydrogen) atoms. The lowest BCUT2D eigenvalue weighted by Crippen LogP contribution is -3.11. The minimum atomic E-state index is -0.266. The Labute approximate surface area is 177 Å². The predicted molar refractivity (Wildman–Crippen MR) is 115 cm³/mol. The SMILES string of the molecule is O=C(CCNC(=O)c1ccccc1Cl)NCc1ccccc1C[NH+]1CCCCC1. The van der Waals surface area contributed by atoms with Crippen LogP contribution in [0.4, 0.5) is 0 Å². The zero-order chi connectivity index (χ0) is 20.5. The minimum absolute atomic E-state index is 0.0791. The van der Waals surface area contributed by atoms with E-state index in [4.69, 9.17) is 11.6 Å². The van der Waals surface area contributed by atoms with Crippen LogP contribution in [0, 0.1) is 0 Å². The fourth-order valence-electron chi connectivity index (χ4n) is 3.71. The van der Waals surface area contributed by atoms with Gasteiger partial charge in [0.05, 0.1) is 23.7 Å². The second-order valence-corrected chi connectivity index (χ2v) is 7.93. The first-order chi connectivity index (χ1) is 14.1. The van der Waals surface area contributed by atoms with Crippen molar-refractivity contribution in [3.63, 3.8) is 0 Å². The van der Waals surface area contributed by atoms with E-state index in [0.29, 0.717) is 17.1 Å². The Morgan fingerprint density at radius 2 is 1.59 bits per heavy atom. The van der Waals surface area contributed by atoms with Gasteiger partial charge < -0.3 is 15.5 Å². The van der Waals surface area contributed by atoms with Crippen molar-refractivity contribution >= 4 is 23.4 Å². The highest BCUT2D eigenvalue weighted by atomic mass is 35.5. The Morgan fingerprint density at radius 3 is 2.34 bits per heavy atom. The largest absolute Gasteiger partial charge is 0.352 e. The fourth-order valence-corrected chi connectivity index (χ4v) is 3.93. The summed E-state index contributed by atoms with van der Waals surface area (Å²) in [4.78, 5) is 26.0. The molecule has 1 saturated heterocycles.